The van der Waals surface area contributed by atoms with Crippen LogP contribution in [0.4, 0.5) is 23.0 Å². The molecule has 7 N–H and O–H groups in total. The van der Waals surface area contributed by atoms with E-state index in [4.69, 9.17) is 5.73 Å². The van der Waals surface area contributed by atoms with Crippen molar-refractivity contribution in [3.05, 3.63) is 94.0 Å². The Hall–Kier alpha value is -4.79. The number of hydrogen-bond acceptors (Lipinski definition) is 6. The minimum absolute atomic E-state index is 0.193. The minimum Gasteiger partial charge on any atom is -0.507 e. The van der Waals surface area contributed by atoms with Crippen LogP contribution in [0.2, 0.25) is 0 Å². The molecule has 0 fully saturated rings. The Morgan fingerprint density at radius 1 is 0.944 bits per heavy atom. The van der Waals surface area contributed by atoms with Gasteiger partial charge >= 0.3 is 0 Å². The number of benzene rings is 3. The SMILES string of the molecule is Cc1ccc(C(=O)Nc2ccc(Nc3n[nH]c(NCc4cc(C)c(O)c(C)c4)c3C(N)=O)cc2)cc1. The molecule has 0 unspecified atom stereocenters. The number of phenolic OH excluding ortho intramolecular Hbond substituents is 1. The number of nitrogens with two attached hydrogens (primary N) is 1. The topological polar surface area (TPSA) is 145 Å². The monoisotopic (exact) mass is 484 g/mol. The van der Waals surface area contributed by atoms with Crippen molar-refractivity contribution < 1.29 is 14.7 Å². The standard InChI is InChI=1S/C27H28N6O3/c1-15-4-6-19(7-5-15)27(36)31-21-10-8-20(9-11-21)30-26-22(24(28)35)25(32-33-26)29-14-18-12-16(2)23(34)17(3)13-18/h4-13,34H,14H2,1-3H3,(H2,28,35)(H,31,36)(H3,29,30,32,33). The summed E-state index contributed by atoms with van der Waals surface area (Å²) in [5.74, 6) is 0.0859. The molecule has 4 aromatic rings. The molecule has 0 radical (unpaired) electrons. The summed E-state index contributed by atoms with van der Waals surface area (Å²) in [7, 11) is 0. The fourth-order valence-electron chi connectivity index (χ4n) is 3.82. The second kappa shape index (κ2) is 10.2. The molecule has 9 nitrogen and oxygen atoms in total. The molecule has 0 spiro atoms. The van der Waals surface area contributed by atoms with Gasteiger partial charge in [0.05, 0.1) is 0 Å². The van der Waals surface area contributed by atoms with Crippen LogP contribution in [-0.4, -0.2) is 27.1 Å². The molecule has 1 heterocycles. The fourth-order valence-corrected chi connectivity index (χ4v) is 3.82. The van der Waals surface area contributed by atoms with E-state index in [1.165, 1.54) is 0 Å². The highest BCUT2D eigenvalue weighted by Crippen LogP contribution is 2.27. The Kier molecular flexibility index (Phi) is 6.91. The van der Waals surface area contributed by atoms with Gasteiger partial charge in [0.15, 0.2) is 5.82 Å². The molecule has 0 aliphatic carbocycles. The van der Waals surface area contributed by atoms with Crippen LogP contribution < -0.4 is 21.7 Å². The van der Waals surface area contributed by atoms with Crippen LogP contribution in [0.15, 0.2) is 60.7 Å². The first-order valence-corrected chi connectivity index (χ1v) is 11.4. The highest BCUT2D eigenvalue weighted by Gasteiger charge is 2.19. The zero-order valence-corrected chi connectivity index (χ0v) is 20.3. The first-order valence-electron chi connectivity index (χ1n) is 11.4. The second-order valence-electron chi connectivity index (χ2n) is 8.64. The van der Waals surface area contributed by atoms with Gasteiger partial charge in [-0.05, 0) is 73.9 Å². The molecule has 0 saturated carbocycles. The summed E-state index contributed by atoms with van der Waals surface area (Å²) >= 11 is 0. The summed E-state index contributed by atoms with van der Waals surface area (Å²) in [6, 6.07) is 18.1. The molecule has 2 amide bonds. The number of carbonyl (C=O) groups is 2. The molecule has 4 rings (SSSR count). The lowest BCUT2D eigenvalue weighted by molar-refractivity contribution is 0.0999. The van der Waals surface area contributed by atoms with Gasteiger partial charge in [-0.3, -0.25) is 14.7 Å². The first-order chi connectivity index (χ1) is 17.2. The van der Waals surface area contributed by atoms with Crippen LogP contribution in [0.25, 0.3) is 0 Å². The number of carbonyl (C=O) groups excluding carboxylic acids is 2. The van der Waals surface area contributed by atoms with E-state index in [0.717, 1.165) is 22.3 Å². The van der Waals surface area contributed by atoms with Crippen molar-refractivity contribution in [3.8, 4) is 5.75 Å². The molecule has 184 valence electrons. The zero-order valence-electron chi connectivity index (χ0n) is 20.3. The summed E-state index contributed by atoms with van der Waals surface area (Å²) in [6.07, 6.45) is 0. The predicted molar refractivity (Wildman–Crippen MR) is 141 cm³/mol. The largest absolute Gasteiger partial charge is 0.507 e. The molecule has 1 aromatic heterocycles. The average Bonchev–Trinajstić information content (AvgIpc) is 3.25. The van der Waals surface area contributed by atoms with Crippen LogP contribution >= 0.6 is 0 Å². The fraction of sp³-hybridized carbons (Fsp3) is 0.148. The smallest absolute Gasteiger partial charge is 0.256 e. The molecular formula is C27H28N6O3. The summed E-state index contributed by atoms with van der Waals surface area (Å²) in [5, 5.41) is 26.1. The number of rotatable bonds is 8. The van der Waals surface area contributed by atoms with Crippen LogP contribution in [0.1, 0.15) is 43.0 Å². The lowest BCUT2D eigenvalue weighted by atomic mass is 10.1. The molecule has 36 heavy (non-hydrogen) atoms. The van der Waals surface area contributed by atoms with Gasteiger partial charge < -0.3 is 26.8 Å². The van der Waals surface area contributed by atoms with Crippen molar-refractivity contribution >= 4 is 34.8 Å². The van der Waals surface area contributed by atoms with Gasteiger partial charge in [0.25, 0.3) is 11.8 Å². The molecular weight excluding hydrogens is 456 g/mol. The van der Waals surface area contributed by atoms with Crippen molar-refractivity contribution in [3.63, 3.8) is 0 Å². The third-order valence-corrected chi connectivity index (χ3v) is 5.75. The number of anilines is 4. The third kappa shape index (κ3) is 5.47. The predicted octanol–water partition coefficient (Wildman–Crippen LogP) is 4.75. The summed E-state index contributed by atoms with van der Waals surface area (Å²) in [4.78, 5) is 24.6. The summed E-state index contributed by atoms with van der Waals surface area (Å²) in [6.45, 7) is 6.03. The van der Waals surface area contributed by atoms with Crippen molar-refractivity contribution in [1.29, 1.82) is 0 Å². The second-order valence-corrected chi connectivity index (χ2v) is 8.64. The highest BCUT2D eigenvalue weighted by molar-refractivity contribution is 6.04. The number of phenols is 1. The lowest BCUT2D eigenvalue weighted by Crippen LogP contribution is -2.15. The van der Waals surface area contributed by atoms with E-state index in [9.17, 15) is 14.7 Å². The van der Waals surface area contributed by atoms with E-state index in [-0.39, 0.29) is 23.0 Å². The van der Waals surface area contributed by atoms with Gasteiger partial charge in [0, 0.05) is 23.5 Å². The molecule has 9 heteroatoms. The first kappa shape index (κ1) is 24.3. The van der Waals surface area contributed by atoms with Crippen molar-refractivity contribution in [2.24, 2.45) is 5.73 Å². The Bertz CT molecular complexity index is 1390. The number of nitrogens with one attached hydrogen (secondary N) is 4. The quantitative estimate of drug-likeness (QED) is 0.213. The van der Waals surface area contributed by atoms with E-state index < -0.39 is 5.91 Å². The van der Waals surface area contributed by atoms with Gasteiger partial charge in [-0.1, -0.05) is 29.8 Å². The lowest BCUT2D eigenvalue weighted by Gasteiger charge is -2.10. The number of nitrogens with zero attached hydrogens (tertiary/aromatic N) is 1. The Balaban J connectivity index is 1.44. The summed E-state index contributed by atoms with van der Waals surface area (Å²) < 4.78 is 0. The number of hydrogen-bond donors (Lipinski definition) is 6. The van der Waals surface area contributed by atoms with Crippen LogP contribution in [-0.2, 0) is 6.54 Å². The highest BCUT2D eigenvalue weighted by atomic mass is 16.3. The minimum atomic E-state index is -0.645. The van der Waals surface area contributed by atoms with Gasteiger partial charge in [-0.25, -0.2) is 0 Å². The van der Waals surface area contributed by atoms with Crippen LogP contribution in [0.5, 0.6) is 5.75 Å². The number of aromatic nitrogens is 2. The van der Waals surface area contributed by atoms with Gasteiger partial charge in [-0.15, -0.1) is 0 Å². The van der Waals surface area contributed by atoms with Gasteiger partial charge in [-0.2, -0.15) is 5.10 Å². The van der Waals surface area contributed by atoms with E-state index in [2.05, 4.69) is 26.1 Å². The zero-order chi connectivity index (χ0) is 25.8. The van der Waals surface area contributed by atoms with E-state index in [0.29, 0.717) is 29.3 Å². The third-order valence-electron chi connectivity index (χ3n) is 5.75. The average molecular weight is 485 g/mol. The van der Waals surface area contributed by atoms with Gasteiger partial charge in [0.1, 0.15) is 17.1 Å². The normalized spacial score (nSPS) is 10.6. The summed E-state index contributed by atoms with van der Waals surface area (Å²) in [5.41, 5.74) is 11.3. The Morgan fingerprint density at radius 3 is 2.17 bits per heavy atom. The molecule has 0 aliphatic rings. The van der Waals surface area contributed by atoms with Crippen molar-refractivity contribution in [1.82, 2.24) is 10.2 Å². The number of amides is 2. The molecule has 3 aromatic carbocycles. The van der Waals surface area contributed by atoms with Crippen molar-refractivity contribution in [2.45, 2.75) is 27.3 Å². The Labute approximate surface area is 208 Å². The van der Waals surface area contributed by atoms with Crippen LogP contribution in [0, 0.1) is 20.8 Å². The van der Waals surface area contributed by atoms with Crippen LogP contribution in [0.3, 0.4) is 0 Å². The maximum Gasteiger partial charge on any atom is 0.256 e. The Morgan fingerprint density at radius 2 is 1.56 bits per heavy atom. The number of primary amides is 1. The number of aromatic hydroxyl groups is 1. The van der Waals surface area contributed by atoms with E-state index in [1.807, 2.05) is 45.0 Å². The van der Waals surface area contributed by atoms with Crippen molar-refractivity contribution in [2.75, 3.05) is 16.0 Å². The number of H-pyrrole nitrogens is 1. The molecule has 0 bridgehead atoms. The molecule has 0 saturated heterocycles. The molecule has 0 aliphatic heterocycles. The van der Waals surface area contributed by atoms with E-state index in [1.54, 1.807) is 36.4 Å². The number of aryl methyl sites for hydroxylation is 3. The maximum absolute atomic E-state index is 12.4. The van der Waals surface area contributed by atoms with Gasteiger partial charge in [0.2, 0.25) is 0 Å². The molecule has 0 atom stereocenters. The maximum atomic E-state index is 12.4. The van der Waals surface area contributed by atoms with E-state index >= 15 is 0 Å². The number of aromatic amines is 1.